The summed E-state index contributed by atoms with van der Waals surface area (Å²) in [5, 5.41) is 0. The van der Waals surface area contributed by atoms with Gasteiger partial charge in [0, 0.05) is 4.90 Å². The minimum atomic E-state index is -4.59. The van der Waals surface area contributed by atoms with Gasteiger partial charge in [0.25, 0.3) is 0 Å². The van der Waals surface area contributed by atoms with Gasteiger partial charge in [-0.1, -0.05) is 12.1 Å². The fraction of sp³-hybridized carbons (Fsp3) is 0.250. The summed E-state index contributed by atoms with van der Waals surface area (Å²) in [5.41, 5.74) is -1.74. The summed E-state index contributed by atoms with van der Waals surface area (Å²) in [5.74, 6) is 0. The van der Waals surface area contributed by atoms with Crippen LogP contribution in [-0.4, -0.2) is 0 Å². The first kappa shape index (κ1) is 17.7. The third-order valence-electron chi connectivity index (χ3n) is 3.50. The Morgan fingerprint density at radius 1 is 0.739 bits per heavy atom. The fourth-order valence-corrected chi connectivity index (χ4v) is 2.71. The molecular formula is C16H12F6S. The molecule has 0 N–H and O–H groups in total. The quantitative estimate of drug-likeness (QED) is 0.453. The van der Waals surface area contributed by atoms with Crippen molar-refractivity contribution in [2.75, 3.05) is 0 Å². The van der Waals surface area contributed by atoms with Gasteiger partial charge in [-0.3, -0.25) is 0 Å². The number of alkyl halides is 6. The summed E-state index contributed by atoms with van der Waals surface area (Å²) in [6.45, 7) is 2.58. The normalized spacial score (nSPS) is 12.6. The van der Waals surface area contributed by atoms with E-state index in [-0.39, 0.29) is 27.1 Å². The second-order valence-corrected chi connectivity index (χ2v) is 5.69. The molecule has 0 spiro atoms. The molecule has 0 aromatic heterocycles. The molecule has 0 fully saturated rings. The summed E-state index contributed by atoms with van der Waals surface area (Å²) >= 11 is 4.11. The van der Waals surface area contributed by atoms with Crippen molar-refractivity contribution in [3.05, 3.63) is 52.6 Å². The van der Waals surface area contributed by atoms with Crippen LogP contribution in [0.3, 0.4) is 0 Å². The molecule has 2 aromatic rings. The van der Waals surface area contributed by atoms with Crippen molar-refractivity contribution < 1.29 is 26.3 Å². The second-order valence-electron chi connectivity index (χ2n) is 5.21. The van der Waals surface area contributed by atoms with Crippen LogP contribution in [0, 0.1) is 13.8 Å². The van der Waals surface area contributed by atoms with Gasteiger partial charge in [0.05, 0.1) is 11.1 Å². The van der Waals surface area contributed by atoms with Crippen molar-refractivity contribution in [2.24, 2.45) is 0 Å². The molecule has 0 nitrogen and oxygen atoms in total. The molecule has 124 valence electrons. The maximum atomic E-state index is 13.0. The zero-order valence-corrected chi connectivity index (χ0v) is 13.0. The standard InChI is InChI=1S/C16H12F6S/c1-8-3-4-10(6-12(8)15(17,18)19)11-7-13(16(20,21)22)9(2)5-14(11)23/h3-7,23H,1-2H3. The van der Waals surface area contributed by atoms with E-state index in [9.17, 15) is 26.3 Å². The molecule has 0 atom stereocenters. The highest BCUT2D eigenvalue weighted by Gasteiger charge is 2.34. The Morgan fingerprint density at radius 2 is 1.26 bits per heavy atom. The van der Waals surface area contributed by atoms with E-state index < -0.39 is 23.5 Å². The summed E-state index contributed by atoms with van der Waals surface area (Å²) in [4.78, 5) is 0.187. The highest BCUT2D eigenvalue weighted by Crippen LogP contribution is 2.40. The van der Waals surface area contributed by atoms with Crippen molar-refractivity contribution in [3.8, 4) is 11.1 Å². The molecule has 0 bridgehead atoms. The zero-order valence-electron chi connectivity index (χ0n) is 12.1. The summed E-state index contributed by atoms with van der Waals surface area (Å²) in [6.07, 6.45) is -9.16. The van der Waals surface area contributed by atoms with Crippen LogP contribution in [0.25, 0.3) is 11.1 Å². The minimum Gasteiger partial charge on any atom is -0.166 e. The minimum absolute atomic E-state index is 0.00474. The van der Waals surface area contributed by atoms with Crippen LogP contribution in [0.4, 0.5) is 26.3 Å². The Bertz CT molecular complexity index is 743. The van der Waals surface area contributed by atoms with Crippen LogP contribution >= 0.6 is 12.6 Å². The van der Waals surface area contributed by atoms with E-state index in [0.29, 0.717) is 0 Å². The van der Waals surface area contributed by atoms with Gasteiger partial charge in [0.1, 0.15) is 0 Å². The van der Waals surface area contributed by atoms with Crippen molar-refractivity contribution >= 4 is 12.6 Å². The van der Waals surface area contributed by atoms with Crippen LogP contribution in [0.1, 0.15) is 22.3 Å². The molecule has 0 aliphatic carbocycles. The van der Waals surface area contributed by atoms with Crippen molar-refractivity contribution in [1.82, 2.24) is 0 Å². The number of benzene rings is 2. The highest BCUT2D eigenvalue weighted by molar-refractivity contribution is 7.80. The molecule has 23 heavy (non-hydrogen) atoms. The van der Waals surface area contributed by atoms with Crippen LogP contribution in [0.2, 0.25) is 0 Å². The number of hydrogen-bond donors (Lipinski definition) is 1. The van der Waals surface area contributed by atoms with Crippen LogP contribution in [0.15, 0.2) is 35.2 Å². The Labute approximate surface area is 134 Å². The van der Waals surface area contributed by atoms with E-state index in [1.165, 1.54) is 32.0 Å². The van der Waals surface area contributed by atoms with Crippen LogP contribution in [-0.2, 0) is 12.4 Å². The Hall–Kier alpha value is -1.63. The van der Waals surface area contributed by atoms with Gasteiger partial charge in [-0.2, -0.15) is 26.3 Å². The lowest BCUT2D eigenvalue weighted by atomic mass is 9.96. The number of hydrogen-bond acceptors (Lipinski definition) is 1. The predicted molar refractivity (Wildman–Crippen MR) is 78.6 cm³/mol. The molecule has 0 saturated carbocycles. The van der Waals surface area contributed by atoms with Gasteiger partial charge in [0.2, 0.25) is 0 Å². The van der Waals surface area contributed by atoms with E-state index in [0.717, 1.165) is 12.1 Å². The Kier molecular flexibility index (Phi) is 4.45. The molecule has 0 amide bonds. The van der Waals surface area contributed by atoms with Gasteiger partial charge in [0.15, 0.2) is 0 Å². The maximum absolute atomic E-state index is 13.0. The molecular weight excluding hydrogens is 338 g/mol. The lowest BCUT2D eigenvalue weighted by Crippen LogP contribution is -2.09. The molecule has 2 aromatic carbocycles. The van der Waals surface area contributed by atoms with Crippen LogP contribution in [0.5, 0.6) is 0 Å². The second kappa shape index (κ2) is 5.78. The van der Waals surface area contributed by atoms with Crippen LogP contribution < -0.4 is 0 Å². The maximum Gasteiger partial charge on any atom is 0.416 e. The average Bonchev–Trinajstić information content (AvgIpc) is 2.37. The van der Waals surface area contributed by atoms with Gasteiger partial charge < -0.3 is 0 Å². The third kappa shape index (κ3) is 3.65. The van der Waals surface area contributed by atoms with Crippen molar-refractivity contribution in [2.45, 2.75) is 31.1 Å². The number of thiol groups is 1. The molecule has 0 aliphatic heterocycles. The first-order valence-electron chi connectivity index (χ1n) is 6.50. The molecule has 0 radical (unpaired) electrons. The van der Waals surface area contributed by atoms with Crippen molar-refractivity contribution in [1.29, 1.82) is 0 Å². The van der Waals surface area contributed by atoms with Gasteiger partial charge in [-0.25, -0.2) is 0 Å². The largest absolute Gasteiger partial charge is 0.416 e. The van der Waals surface area contributed by atoms with Gasteiger partial charge in [-0.15, -0.1) is 12.6 Å². The van der Waals surface area contributed by atoms with E-state index in [4.69, 9.17) is 0 Å². The predicted octanol–water partition coefficient (Wildman–Crippen LogP) is 6.30. The third-order valence-corrected chi connectivity index (χ3v) is 3.87. The summed E-state index contributed by atoms with van der Waals surface area (Å²) < 4.78 is 77.9. The van der Waals surface area contributed by atoms with Crippen molar-refractivity contribution in [3.63, 3.8) is 0 Å². The van der Waals surface area contributed by atoms with E-state index in [1.54, 1.807) is 0 Å². The Balaban J connectivity index is 2.68. The molecule has 0 heterocycles. The molecule has 0 unspecified atom stereocenters. The lowest BCUT2D eigenvalue weighted by Gasteiger charge is -2.16. The molecule has 0 aliphatic rings. The number of rotatable bonds is 1. The fourth-order valence-electron chi connectivity index (χ4n) is 2.32. The zero-order chi connectivity index (χ0) is 17.6. The highest BCUT2D eigenvalue weighted by atomic mass is 32.1. The first-order valence-corrected chi connectivity index (χ1v) is 6.95. The topological polar surface area (TPSA) is 0 Å². The monoisotopic (exact) mass is 350 g/mol. The van der Waals surface area contributed by atoms with Gasteiger partial charge in [-0.05, 0) is 54.3 Å². The Morgan fingerprint density at radius 3 is 1.78 bits per heavy atom. The first-order chi connectivity index (χ1) is 10.4. The number of halogens is 6. The smallest absolute Gasteiger partial charge is 0.166 e. The van der Waals surface area contributed by atoms with E-state index in [1.807, 2.05) is 0 Å². The van der Waals surface area contributed by atoms with E-state index >= 15 is 0 Å². The van der Waals surface area contributed by atoms with Gasteiger partial charge >= 0.3 is 12.4 Å². The molecule has 2 rings (SSSR count). The SMILES string of the molecule is Cc1ccc(-c2cc(C(F)(F)F)c(C)cc2S)cc1C(F)(F)F. The molecule has 0 saturated heterocycles. The summed E-state index contributed by atoms with van der Waals surface area (Å²) in [7, 11) is 0. The number of aryl methyl sites for hydroxylation is 2. The molecule has 7 heteroatoms. The van der Waals surface area contributed by atoms with E-state index in [2.05, 4.69) is 12.6 Å². The lowest BCUT2D eigenvalue weighted by molar-refractivity contribution is -0.139. The average molecular weight is 350 g/mol. The summed E-state index contributed by atoms with van der Waals surface area (Å²) in [6, 6.07) is 5.48.